The second-order valence-electron chi connectivity index (χ2n) is 7.63. The van der Waals surface area contributed by atoms with Gasteiger partial charge >= 0.3 is 0 Å². The van der Waals surface area contributed by atoms with Gasteiger partial charge in [0.25, 0.3) is 17.1 Å². The zero-order valence-corrected chi connectivity index (χ0v) is 19.9. The highest BCUT2D eigenvalue weighted by Gasteiger charge is 2.35. The van der Waals surface area contributed by atoms with Gasteiger partial charge in [-0.2, -0.15) is 0 Å². The number of carbonyl (C=O) groups excluding carboxylic acids is 3. The summed E-state index contributed by atoms with van der Waals surface area (Å²) in [5.74, 6) is -0.105. The van der Waals surface area contributed by atoms with Crippen molar-refractivity contribution < 1.29 is 19.1 Å². The summed E-state index contributed by atoms with van der Waals surface area (Å²) in [5, 5.41) is 2.95. The van der Waals surface area contributed by atoms with Gasteiger partial charge in [0.05, 0.1) is 11.4 Å². The lowest BCUT2D eigenvalue weighted by Crippen LogP contribution is -2.27. The number of anilines is 1. The predicted molar refractivity (Wildman–Crippen MR) is 135 cm³/mol. The summed E-state index contributed by atoms with van der Waals surface area (Å²) in [4.78, 5) is 38.7. The molecule has 0 saturated carbocycles. The Morgan fingerprint density at radius 3 is 2.44 bits per heavy atom. The van der Waals surface area contributed by atoms with Crippen LogP contribution in [0.4, 0.5) is 10.5 Å². The van der Waals surface area contributed by atoms with Gasteiger partial charge in [0.15, 0.2) is 6.61 Å². The first-order chi connectivity index (χ1) is 16.4. The highest BCUT2D eigenvalue weighted by Crippen LogP contribution is 2.34. The van der Waals surface area contributed by atoms with Crippen LogP contribution in [0.1, 0.15) is 16.7 Å². The van der Waals surface area contributed by atoms with E-state index in [0.717, 1.165) is 22.9 Å². The number of imide groups is 1. The maximum atomic E-state index is 12.8. The second-order valence-corrected chi connectivity index (χ2v) is 9.03. The molecule has 6 nitrogen and oxygen atoms in total. The molecule has 3 aromatic rings. The van der Waals surface area contributed by atoms with Crippen LogP contribution in [-0.2, 0) is 16.1 Å². The first-order valence-electron chi connectivity index (χ1n) is 10.5. The second kappa shape index (κ2) is 10.6. The minimum atomic E-state index is -0.358. The van der Waals surface area contributed by atoms with E-state index in [-0.39, 0.29) is 30.2 Å². The SMILES string of the molecule is Cc1ccc(NC(=O)COc2ccc(/C=C3/SC(=O)N(Cc4ccccc4Cl)C3=O)cc2)cc1. The lowest BCUT2D eigenvalue weighted by Gasteiger charge is -2.13. The third-order valence-corrected chi connectivity index (χ3v) is 6.32. The molecule has 34 heavy (non-hydrogen) atoms. The molecular weight excluding hydrogens is 472 g/mol. The van der Waals surface area contributed by atoms with E-state index < -0.39 is 0 Å². The molecule has 3 aromatic carbocycles. The molecule has 0 unspecified atom stereocenters. The van der Waals surface area contributed by atoms with Gasteiger partial charge in [-0.3, -0.25) is 19.3 Å². The molecule has 1 heterocycles. The molecular formula is C26H21ClN2O4S. The Bertz CT molecular complexity index is 1260. The summed E-state index contributed by atoms with van der Waals surface area (Å²) in [6.45, 7) is 1.97. The Labute approximate surface area is 206 Å². The lowest BCUT2D eigenvalue weighted by molar-refractivity contribution is -0.123. The minimum Gasteiger partial charge on any atom is -0.484 e. The van der Waals surface area contributed by atoms with Gasteiger partial charge in [-0.05, 0) is 66.2 Å². The molecule has 1 aliphatic heterocycles. The Morgan fingerprint density at radius 1 is 1.03 bits per heavy atom. The van der Waals surface area contributed by atoms with Crippen molar-refractivity contribution in [3.05, 3.63) is 99.4 Å². The van der Waals surface area contributed by atoms with Gasteiger partial charge in [-0.1, -0.05) is 59.6 Å². The number of benzene rings is 3. The van der Waals surface area contributed by atoms with Crippen molar-refractivity contribution >= 4 is 52.2 Å². The van der Waals surface area contributed by atoms with Crippen molar-refractivity contribution in [1.29, 1.82) is 0 Å². The van der Waals surface area contributed by atoms with Crippen LogP contribution in [0, 0.1) is 6.92 Å². The number of hydrogen-bond donors (Lipinski definition) is 1. The van der Waals surface area contributed by atoms with E-state index in [4.69, 9.17) is 16.3 Å². The Kier molecular flexibility index (Phi) is 7.35. The fourth-order valence-corrected chi connectivity index (χ4v) is 4.26. The van der Waals surface area contributed by atoms with Crippen molar-refractivity contribution in [2.45, 2.75) is 13.5 Å². The summed E-state index contributed by atoms with van der Waals surface area (Å²) in [6.07, 6.45) is 1.66. The molecule has 8 heteroatoms. The number of amides is 3. The number of aryl methyl sites for hydroxylation is 1. The van der Waals surface area contributed by atoms with Crippen molar-refractivity contribution in [3.63, 3.8) is 0 Å². The van der Waals surface area contributed by atoms with Crippen molar-refractivity contribution in [2.75, 3.05) is 11.9 Å². The van der Waals surface area contributed by atoms with Crippen LogP contribution in [0.15, 0.2) is 77.7 Å². The molecule has 172 valence electrons. The molecule has 4 rings (SSSR count). The number of nitrogens with one attached hydrogen (secondary N) is 1. The molecule has 0 aromatic heterocycles. The molecule has 0 bridgehead atoms. The van der Waals surface area contributed by atoms with Gasteiger partial charge < -0.3 is 10.1 Å². The van der Waals surface area contributed by atoms with E-state index in [2.05, 4.69) is 5.32 Å². The van der Waals surface area contributed by atoms with E-state index in [9.17, 15) is 14.4 Å². The number of halogens is 1. The maximum absolute atomic E-state index is 12.8. The Morgan fingerprint density at radius 2 is 1.74 bits per heavy atom. The average Bonchev–Trinajstić information content (AvgIpc) is 3.09. The fourth-order valence-electron chi connectivity index (χ4n) is 3.23. The van der Waals surface area contributed by atoms with Crippen LogP contribution in [0.3, 0.4) is 0 Å². The third-order valence-electron chi connectivity index (χ3n) is 5.04. The van der Waals surface area contributed by atoms with Crippen LogP contribution in [0.2, 0.25) is 5.02 Å². The quantitative estimate of drug-likeness (QED) is 0.415. The summed E-state index contributed by atoms with van der Waals surface area (Å²) >= 11 is 7.06. The molecule has 1 N–H and O–H groups in total. The van der Waals surface area contributed by atoms with E-state index in [1.54, 1.807) is 48.5 Å². The minimum absolute atomic E-state index is 0.124. The van der Waals surface area contributed by atoms with Crippen LogP contribution in [0.25, 0.3) is 6.08 Å². The maximum Gasteiger partial charge on any atom is 0.293 e. The smallest absolute Gasteiger partial charge is 0.293 e. The largest absolute Gasteiger partial charge is 0.484 e. The van der Waals surface area contributed by atoms with Gasteiger partial charge in [0.2, 0.25) is 0 Å². The number of nitrogens with zero attached hydrogens (tertiary/aromatic N) is 1. The first kappa shape index (κ1) is 23.6. The number of thioether (sulfide) groups is 1. The zero-order chi connectivity index (χ0) is 24.1. The van der Waals surface area contributed by atoms with Crippen molar-refractivity contribution in [2.24, 2.45) is 0 Å². The lowest BCUT2D eigenvalue weighted by atomic mass is 10.2. The average molecular weight is 493 g/mol. The van der Waals surface area contributed by atoms with Gasteiger partial charge in [0.1, 0.15) is 5.75 Å². The number of ether oxygens (including phenoxy) is 1. The van der Waals surface area contributed by atoms with E-state index in [1.807, 2.05) is 37.3 Å². The zero-order valence-electron chi connectivity index (χ0n) is 18.3. The molecule has 0 atom stereocenters. The standard InChI is InChI=1S/C26H21ClN2O4S/c1-17-6-10-20(11-7-17)28-24(30)16-33-21-12-8-18(9-13-21)14-23-25(31)29(26(32)34-23)15-19-4-2-3-5-22(19)27/h2-14H,15-16H2,1H3,(H,28,30)/b23-14+. The van der Waals surface area contributed by atoms with Gasteiger partial charge in [-0.25, -0.2) is 0 Å². The van der Waals surface area contributed by atoms with Crippen molar-refractivity contribution in [3.8, 4) is 5.75 Å². The van der Waals surface area contributed by atoms with Crippen molar-refractivity contribution in [1.82, 2.24) is 4.90 Å². The number of hydrogen-bond acceptors (Lipinski definition) is 5. The van der Waals surface area contributed by atoms with Crippen LogP contribution >= 0.6 is 23.4 Å². The number of rotatable bonds is 7. The summed E-state index contributed by atoms with van der Waals surface area (Å²) < 4.78 is 5.54. The number of carbonyl (C=O) groups is 3. The van der Waals surface area contributed by atoms with Crippen LogP contribution < -0.4 is 10.1 Å². The topological polar surface area (TPSA) is 75.7 Å². The summed E-state index contributed by atoms with van der Waals surface area (Å²) in [7, 11) is 0. The first-order valence-corrected chi connectivity index (χ1v) is 11.7. The molecule has 1 aliphatic rings. The highest BCUT2D eigenvalue weighted by molar-refractivity contribution is 8.18. The fraction of sp³-hybridized carbons (Fsp3) is 0.115. The molecule has 0 aliphatic carbocycles. The molecule has 3 amide bonds. The summed E-state index contributed by atoms with van der Waals surface area (Å²) in [6, 6.07) is 21.5. The van der Waals surface area contributed by atoms with Crippen LogP contribution in [0.5, 0.6) is 5.75 Å². The third kappa shape index (κ3) is 5.87. The molecule has 1 fully saturated rings. The van der Waals surface area contributed by atoms with Gasteiger partial charge in [0, 0.05) is 10.7 Å². The summed E-state index contributed by atoms with van der Waals surface area (Å²) in [5.41, 5.74) is 3.26. The monoisotopic (exact) mass is 492 g/mol. The molecule has 1 saturated heterocycles. The molecule has 0 spiro atoms. The van der Waals surface area contributed by atoms with E-state index in [0.29, 0.717) is 26.9 Å². The normalized spacial score (nSPS) is 14.5. The van der Waals surface area contributed by atoms with Gasteiger partial charge in [-0.15, -0.1) is 0 Å². The predicted octanol–water partition coefficient (Wildman–Crippen LogP) is 5.90. The Hall–Kier alpha value is -3.55. The van der Waals surface area contributed by atoms with Crippen LogP contribution in [-0.4, -0.2) is 28.6 Å². The van der Waals surface area contributed by atoms with E-state index >= 15 is 0 Å². The molecule has 0 radical (unpaired) electrons. The van der Waals surface area contributed by atoms with E-state index in [1.165, 1.54) is 4.90 Å². The Balaban J connectivity index is 1.34. The highest BCUT2D eigenvalue weighted by atomic mass is 35.5.